The van der Waals surface area contributed by atoms with Gasteiger partial charge in [0.15, 0.2) is 0 Å². The molecule has 0 aliphatic heterocycles. The van der Waals surface area contributed by atoms with Gasteiger partial charge in [-0.05, 0) is 13.4 Å². The van der Waals surface area contributed by atoms with Crippen molar-refractivity contribution in [2.24, 2.45) is 9.98 Å². The molecular weight excluding hydrogens is 754 g/mol. The van der Waals surface area contributed by atoms with Crippen LogP contribution in [-0.4, -0.2) is 84.4 Å². The van der Waals surface area contributed by atoms with Crippen molar-refractivity contribution in [1.82, 2.24) is 0 Å². The van der Waals surface area contributed by atoms with E-state index in [1.165, 1.54) is 0 Å². The Balaban J connectivity index is -0.00000000254. The summed E-state index contributed by atoms with van der Waals surface area (Å²) in [6, 6.07) is 0. The van der Waals surface area contributed by atoms with Crippen molar-refractivity contribution in [3.05, 3.63) is 14.1 Å². The third-order valence-corrected chi connectivity index (χ3v) is 0.575. The van der Waals surface area contributed by atoms with Gasteiger partial charge in [0, 0.05) is 68.7 Å². The van der Waals surface area contributed by atoms with Crippen LogP contribution in [0.5, 0.6) is 0 Å². The first-order valence-corrected chi connectivity index (χ1v) is 3.66. The second-order valence-electron chi connectivity index (χ2n) is 1.79. The van der Waals surface area contributed by atoms with Gasteiger partial charge in [0.2, 0.25) is 0 Å². The van der Waals surface area contributed by atoms with Crippen molar-refractivity contribution in [3.8, 4) is 0 Å². The van der Waals surface area contributed by atoms with Crippen LogP contribution in [0.15, 0.2) is 9.98 Å². The molecule has 0 bridgehead atoms. The molecule has 0 aliphatic carbocycles. The summed E-state index contributed by atoms with van der Waals surface area (Å²) in [5, 5.41) is 3.78. The fraction of sp³-hybridized carbons (Fsp3) is 0.600. The van der Waals surface area contributed by atoms with Crippen molar-refractivity contribution >= 4 is 13.4 Å². The topological polar surface area (TPSA) is 310 Å². The summed E-state index contributed by atoms with van der Waals surface area (Å²) in [4.78, 5) is 6.50. The molecule has 0 saturated carbocycles. The van der Waals surface area contributed by atoms with Crippen molar-refractivity contribution in [3.63, 3.8) is 0 Å². The fourth-order valence-electron chi connectivity index (χ4n) is 0.236. The van der Waals surface area contributed by atoms with E-state index in [2.05, 4.69) is 37.5 Å². The van der Waals surface area contributed by atoms with Crippen LogP contribution in [0, 0.1) is 14.1 Å². The third-order valence-electron chi connectivity index (χ3n) is 0.575. The Kier molecular flexibility index (Phi) is 1640. The van der Waals surface area contributed by atoms with Crippen LogP contribution in [0.25, 0.3) is 0 Å². The molecule has 0 aromatic carbocycles. The standard InChI is InChI=1S/C4H12N2.2C2H5N.2CH4.4Cd.8H2O/c1-5-3-4-6-2;2*1-3-2;;;;;;;;;;;;;;/h1-6H2;2*1H2,2H3;2*1H4;;;;;8*1H2/q;;;;;;;2*+2;;;;;;;;. The maximum atomic E-state index is 3.55. The Labute approximate surface area is 240 Å². The monoisotopic (exact) mass is 806 g/mol. The number of hydrogen-bond donors (Lipinski definition) is 2. The second-order valence-corrected chi connectivity index (χ2v) is 1.79. The SMILES string of the molecule is C.C.C=NC.C=NC.O.O.O.O.O.O.O.O.[CH2-][NH2+]CC[NH2+][CH2-].[Cd+2].[Cd+2].[Cd].[Cd]. The first kappa shape index (κ1) is 162. The molecule has 12 nitrogen and oxygen atoms in total. The van der Waals surface area contributed by atoms with Crippen LogP contribution in [0.4, 0.5) is 0 Å². The predicted octanol–water partition coefficient (Wildman–Crippen LogP) is -7.01. The maximum absolute atomic E-state index is 3.55. The number of rotatable bonds is 3. The molecular formula is C10H46Cd4N4O8+4. The van der Waals surface area contributed by atoms with Crippen LogP contribution in [-0.2, 0) is 109 Å². The van der Waals surface area contributed by atoms with Gasteiger partial charge < -0.3 is 64.4 Å². The predicted molar refractivity (Wildman–Crippen MR) is 97.6 cm³/mol. The van der Waals surface area contributed by atoms with Crippen LogP contribution in [0.2, 0.25) is 0 Å². The Morgan fingerprint density at radius 1 is 0.615 bits per heavy atom. The van der Waals surface area contributed by atoms with Gasteiger partial charge in [-0.3, -0.25) is 0 Å². The molecule has 0 rings (SSSR count). The maximum Gasteiger partial charge on any atom is 2.00 e. The van der Waals surface area contributed by atoms with Crippen LogP contribution >= 0.6 is 0 Å². The summed E-state index contributed by atoms with van der Waals surface area (Å²) in [7, 11) is 10.4. The smallest absolute Gasteiger partial charge is 0.474 e. The van der Waals surface area contributed by atoms with E-state index in [1.807, 2.05) is 10.6 Å². The van der Waals surface area contributed by atoms with Gasteiger partial charge in [-0.25, -0.2) is 0 Å². The minimum Gasteiger partial charge on any atom is -0.474 e. The summed E-state index contributed by atoms with van der Waals surface area (Å²) < 4.78 is 0. The minimum absolute atomic E-state index is 0. The normalized spacial score (nSPS) is 3.08. The van der Waals surface area contributed by atoms with Crippen molar-refractivity contribution < 1.29 is 164 Å². The molecule has 0 fully saturated rings. The fourth-order valence-corrected chi connectivity index (χ4v) is 0.236. The summed E-state index contributed by atoms with van der Waals surface area (Å²) >= 11 is 0. The molecule has 0 radical (unpaired) electrons. The zero-order valence-electron chi connectivity index (χ0n) is 15.1. The van der Waals surface area contributed by atoms with Gasteiger partial charge in [0.1, 0.15) is 0 Å². The van der Waals surface area contributed by atoms with Gasteiger partial charge >= 0.3 is 54.6 Å². The van der Waals surface area contributed by atoms with Crippen molar-refractivity contribution in [1.29, 1.82) is 0 Å². The van der Waals surface area contributed by atoms with E-state index in [1.54, 1.807) is 14.1 Å². The van der Waals surface area contributed by atoms with Gasteiger partial charge in [0.05, 0.1) is 13.1 Å². The molecule has 16 heteroatoms. The van der Waals surface area contributed by atoms with Crippen LogP contribution in [0.3, 0.4) is 0 Å². The van der Waals surface area contributed by atoms with Crippen LogP contribution < -0.4 is 10.6 Å². The molecule has 0 aromatic heterocycles. The van der Waals surface area contributed by atoms with E-state index in [-0.39, 0.29) is 168 Å². The molecule has 0 saturated heterocycles. The molecule has 0 aromatic rings. The van der Waals surface area contributed by atoms with Gasteiger partial charge in [-0.2, -0.15) is 14.1 Å². The summed E-state index contributed by atoms with van der Waals surface area (Å²) in [6.07, 6.45) is 0. The first-order valence-electron chi connectivity index (χ1n) is 3.66. The summed E-state index contributed by atoms with van der Waals surface area (Å²) in [6.45, 7) is 8.34. The quantitative estimate of drug-likeness (QED) is 0.116. The zero-order valence-corrected chi connectivity index (χ0v) is 31.3. The Hall–Kier alpha value is 2.63. The van der Waals surface area contributed by atoms with Gasteiger partial charge in [-0.1, -0.05) is 14.9 Å². The van der Waals surface area contributed by atoms with Crippen molar-refractivity contribution in [2.75, 3.05) is 27.2 Å². The average molecular weight is 800 g/mol. The number of nitrogens with zero attached hydrogens (tertiary/aromatic N) is 2. The summed E-state index contributed by atoms with van der Waals surface area (Å²) in [5.41, 5.74) is 0. The molecule has 20 N–H and O–H groups in total. The molecule has 0 atom stereocenters. The van der Waals surface area contributed by atoms with E-state index in [0.717, 1.165) is 13.1 Å². The molecule has 0 aliphatic rings. The van der Waals surface area contributed by atoms with E-state index in [4.69, 9.17) is 0 Å². The molecule has 0 unspecified atom stereocenters. The van der Waals surface area contributed by atoms with E-state index < -0.39 is 0 Å². The largest absolute Gasteiger partial charge is 2.00 e. The number of quaternary nitrogens is 2. The zero-order chi connectivity index (χ0) is 10.2. The van der Waals surface area contributed by atoms with Crippen molar-refractivity contribution in [2.45, 2.75) is 14.9 Å². The minimum atomic E-state index is 0. The number of aliphatic imine (C=N–C) groups is 2. The van der Waals surface area contributed by atoms with Gasteiger partial charge in [0.25, 0.3) is 0 Å². The first-order chi connectivity index (χ1) is 5.74. The number of nitrogens with two attached hydrogens (primary N) is 2. The Bertz CT molecular complexity index is 101. The number of hydrogen-bond acceptors (Lipinski definition) is 2. The summed E-state index contributed by atoms with van der Waals surface area (Å²) in [5.74, 6) is 0. The van der Waals surface area contributed by atoms with E-state index >= 15 is 0 Å². The molecule has 0 heterocycles. The average Bonchev–Trinajstić information content (AvgIpc) is 2.04. The van der Waals surface area contributed by atoms with E-state index in [0.29, 0.717) is 0 Å². The third kappa shape index (κ3) is 552. The Morgan fingerprint density at radius 3 is 0.731 bits per heavy atom. The molecule has 0 amide bonds. The van der Waals surface area contributed by atoms with E-state index in [9.17, 15) is 0 Å². The van der Waals surface area contributed by atoms with Crippen LogP contribution in [0.1, 0.15) is 14.9 Å². The Morgan fingerprint density at radius 2 is 0.692 bits per heavy atom. The molecule has 26 heavy (non-hydrogen) atoms. The molecule has 158 valence electrons. The van der Waals surface area contributed by atoms with Gasteiger partial charge in [-0.15, -0.1) is 0 Å². The second kappa shape index (κ2) is 263. The molecule has 0 spiro atoms.